The molecule has 0 fully saturated rings. The summed E-state index contributed by atoms with van der Waals surface area (Å²) in [7, 11) is 0. The summed E-state index contributed by atoms with van der Waals surface area (Å²) < 4.78 is 16.8. The number of fused-ring (bicyclic) bond motifs is 1. The van der Waals surface area contributed by atoms with Crippen LogP contribution in [-0.2, 0) is 10.4 Å². The summed E-state index contributed by atoms with van der Waals surface area (Å²) in [4.78, 5) is 24.0. The van der Waals surface area contributed by atoms with E-state index in [1.165, 1.54) is 41.3 Å². The van der Waals surface area contributed by atoms with Gasteiger partial charge in [0.05, 0.1) is 16.8 Å². The number of pyridine rings is 1. The van der Waals surface area contributed by atoms with Crippen LogP contribution >= 0.6 is 11.6 Å². The van der Waals surface area contributed by atoms with Crippen LogP contribution in [0.2, 0.25) is 5.02 Å². The van der Waals surface area contributed by atoms with E-state index in [0.29, 0.717) is 16.3 Å². The minimum Gasteiger partial charge on any atom is -0.618 e. The van der Waals surface area contributed by atoms with Gasteiger partial charge in [-0.3, -0.25) is 4.79 Å². The van der Waals surface area contributed by atoms with E-state index in [4.69, 9.17) is 16.7 Å². The van der Waals surface area contributed by atoms with Crippen molar-refractivity contribution in [3.05, 3.63) is 88.1 Å². The van der Waals surface area contributed by atoms with Gasteiger partial charge in [-0.25, -0.2) is 9.18 Å². The largest absolute Gasteiger partial charge is 0.618 e. The molecule has 2 heterocycles. The molecule has 0 saturated heterocycles. The molecule has 0 spiro atoms. The van der Waals surface area contributed by atoms with Crippen LogP contribution in [-0.4, -0.2) is 42.3 Å². The number of alkyl halides is 1. The Kier molecular flexibility index (Phi) is 5.61. The Bertz CT molecular complexity index is 1500. The van der Waals surface area contributed by atoms with E-state index in [0.717, 1.165) is 6.20 Å². The molecule has 0 aliphatic heterocycles. The molecule has 0 radical (unpaired) electrons. The number of aliphatic hydroxyl groups is 1. The number of rotatable bonds is 5. The molecule has 36 heavy (non-hydrogen) atoms. The van der Waals surface area contributed by atoms with Crippen molar-refractivity contribution in [2.24, 2.45) is 0 Å². The van der Waals surface area contributed by atoms with Gasteiger partial charge in [-0.15, -0.1) is 5.10 Å². The smallest absolute Gasteiger partial charge is 0.335 e. The maximum Gasteiger partial charge on any atom is 0.335 e. The van der Waals surface area contributed by atoms with Gasteiger partial charge in [-0.2, -0.15) is 9.41 Å². The van der Waals surface area contributed by atoms with Crippen molar-refractivity contribution in [2.75, 3.05) is 5.32 Å². The SMILES string of the molecule is O=C(O)c1ccc(NC(=O)C2(O)CC(F)c3cc(-c4cc(Cl)ccc4-n4cnnn4)c[n+]([O-])c32)cc1. The Morgan fingerprint density at radius 3 is 2.64 bits per heavy atom. The summed E-state index contributed by atoms with van der Waals surface area (Å²) in [6, 6.07) is 11.3. The van der Waals surface area contributed by atoms with Crippen LogP contribution in [0.25, 0.3) is 16.8 Å². The van der Waals surface area contributed by atoms with Gasteiger partial charge in [0, 0.05) is 28.3 Å². The third kappa shape index (κ3) is 3.91. The van der Waals surface area contributed by atoms with Crippen molar-refractivity contribution < 1.29 is 28.9 Å². The monoisotopic (exact) mass is 510 g/mol. The molecule has 5 rings (SSSR count). The summed E-state index contributed by atoms with van der Waals surface area (Å²) in [5.74, 6) is -2.18. The van der Waals surface area contributed by atoms with Crippen molar-refractivity contribution in [3.8, 4) is 16.8 Å². The number of anilines is 1. The highest BCUT2D eigenvalue weighted by molar-refractivity contribution is 6.31. The topological polar surface area (TPSA) is 157 Å². The van der Waals surface area contributed by atoms with Crippen LogP contribution in [0.15, 0.2) is 61.1 Å². The van der Waals surface area contributed by atoms with Crippen LogP contribution in [0.4, 0.5) is 10.1 Å². The number of nitrogens with zero attached hydrogens (tertiary/aromatic N) is 5. The number of carboxylic acids is 1. The molecule has 0 saturated carbocycles. The quantitative estimate of drug-likeness (QED) is 0.273. The Morgan fingerprint density at radius 1 is 1.22 bits per heavy atom. The van der Waals surface area contributed by atoms with Crippen molar-refractivity contribution in [1.29, 1.82) is 0 Å². The Hall–Kier alpha value is -4.42. The van der Waals surface area contributed by atoms with Gasteiger partial charge in [0.25, 0.3) is 5.91 Å². The van der Waals surface area contributed by atoms with E-state index in [1.54, 1.807) is 18.2 Å². The predicted octanol–water partition coefficient (Wildman–Crippen LogP) is 2.55. The normalized spacial score (nSPS) is 18.6. The van der Waals surface area contributed by atoms with E-state index < -0.39 is 35.8 Å². The Balaban J connectivity index is 1.53. The van der Waals surface area contributed by atoms with Gasteiger partial charge in [0.15, 0.2) is 6.20 Å². The Morgan fingerprint density at radius 2 is 1.97 bits per heavy atom. The number of halogens is 2. The molecule has 13 heteroatoms. The summed E-state index contributed by atoms with van der Waals surface area (Å²) in [6.45, 7) is 0. The van der Waals surface area contributed by atoms with Gasteiger partial charge in [0.2, 0.25) is 11.3 Å². The zero-order valence-corrected chi connectivity index (χ0v) is 18.9. The molecule has 3 N–H and O–H groups in total. The fourth-order valence-electron chi connectivity index (χ4n) is 4.21. The standard InChI is InChI=1S/C23H16ClFN6O5/c24-14-3-6-19(30-11-26-28-29-30)16(8-14)13-7-17-18(25)9-23(35,20(17)31(36)10-13)22(34)27-15-4-1-12(2-5-15)21(32)33/h1-8,10-11,18,35H,9H2,(H,27,34)(H,32,33). The fourth-order valence-corrected chi connectivity index (χ4v) is 4.38. The lowest BCUT2D eigenvalue weighted by molar-refractivity contribution is -0.619. The molecule has 182 valence electrons. The molecule has 2 aromatic carbocycles. The van der Waals surface area contributed by atoms with Crippen LogP contribution < -0.4 is 10.0 Å². The number of amides is 1. The van der Waals surface area contributed by atoms with Gasteiger partial charge in [0.1, 0.15) is 12.5 Å². The minimum absolute atomic E-state index is 0.00580. The highest BCUT2D eigenvalue weighted by atomic mass is 35.5. The molecule has 1 aliphatic carbocycles. The zero-order chi connectivity index (χ0) is 25.6. The number of carboxylic acid groups (broad SMARTS) is 1. The second-order valence-corrected chi connectivity index (χ2v) is 8.58. The number of hydrogen-bond acceptors (Lipinski definition) is 7. The number of carbonyl (C=O) groups excluding carboxylic acids is 1. The lowest BCUT2D eigenvalue weighted by atomic mass is 9.98. The van der Waals surface area contributed by atoms with Gasteiger partial charge >= 0.3 is 5.97 Å². The molecule has 0 bridgehead atoms. The molecule has 2 aromatic heterocycles. The molecular weight excluding hydrogens is 495 g/mol. The van der Waals surface area contributed by atoms with E-state index >= 15 is 4.39 Å². The molecule has 11 nitrogen and oxygen atoms in total. The third-order valence-electron chi connectivity index (χ3n) is 5.90. The van der Waals surface area contributed by atoms with Crippen molar-refractivity contribution in [2.45, 2.75) is 18.2 Å². The number of aromatic nitrogens is 5. The highest BCUT2D eigenvalue weighted by Gasteiger charge is 2.55. The van der Waals surface area contributed by atoms with E-state index in [9.17, 15) is 19.9 Å². The van der Waals surface area contributed by atoms with Gasteiger partial charge < -0.3 is 20.7 Å². The van der Waals surface area contributed by atoms with Crippen LogP contribution in [0, 0.1) is 5.21 Å². The number of carbonyl (C=O) groups is 2. The average Bonchev–Trinajstić information content (AvgIpc) is 3.46. The number of benzene rings is 2. The van der Waals surface area contributed by atoms with Crippen LogP contribution in [0.1, 0.15) is 34.2 Å². The van der Waals surface area contributed by atoms with Gasteiger partial charge in [-0.05, 0) is 59.0 Å². The minimum atomic E-state index is -2.46. The van der Waals surface area contributed by atoms with E-state index in [2.05, 4.69) is 20.8 Å². The highest BCUT2D eigenvalue weighted by Crippen LogP contribution is 2.45. The molecule has 2 unspecified atom stereocenters. The average molecular weight is 511 g/mol. The first-order valence-electron chi connectivity index (χ1n) is 10.5. The second-order valence-electron chi connectivity index (χ2n) is 8.14. The zero-order valence-electron chi connectivity index (χ0n) is 18.2. The molecular formula is C23H16ClFN6O5. The number of aromatic carboxylic acids is 1. The van der Waals surface area contributed by atoms with Crippen LogP contribution in [0.5, 0.6) is 0 Å². The second kappa shape index (κ2) is 8.66. The molecule has 4 aromatic rings. The lowest BCUT2D eigenvalue weighted by Crippen LogP contribution is -2.47. The maximum atomic E-state index is 15.2. The Labute approximate surface area is 207 Å². The summed E-state index contributed by atoms with van der Waals surface area (Å²) in [5, 5.41) is 47.1. The molecule has 2 atom stereocenters. The van der Waals surface area contributed by atoms with Crippen molar-refractivity contribution in [3.63, 3.8) is 0 Å². The van der Waals surface area contributed by atoms with Crippen molar-refractivity contribution >= 4 is 29.2 Å². The number of tetrazole rings is 1. The first-order chi connectivity index (χ1) is 17.2. The third-order valence-corrected chi connectivity index (χ3v) is 6.13. The fraction of sp³-hybridized carbons (Fsp3) is 0.130. The molecule has 1 aliphatic rings. The molecule has 1 amide bonds. The van der Waals surface area contributed by atoms with Crippen molar-refractivity contribution in [1.82, 2.24) is 20.2 Å². The summed E-state index contributed by atoms with van der Waals surface area (Å²) >= 11 is 6.16. The van der Waals surface area contributed by atoms with Gasteiger partial charge in [-0.1, -0.05) is 11.6 Å². The van der Waals surface area contributed by atoms with E-state index in [1.807, 2.05) is 0 Å². The first kappa shape index (κ1) is 23.3. The summed E-state index contributed by atoms with van der Waals surface area (Å²) in [5.41, 5.74) is -1.73. The maximum absolute atomic E-state index is 15.2. The predicted molar refractivity (Wildman–Crippen MR) is 123 cm³/mol. The first-order valence-corrected chi connectivity index (χ1v) is 10.9. The number of nitrogens with one attached hydrogen (secondary N) is 1. The van der Waals surface area contributed by atoms with E-state index in [-0.39, 0.29) is 27.1 Å². The lowest BCUT2D eigenvalue weighted by Gasteiger charge is -2.21. The van der Waals surface area contributed by atoms with Crippen LogP contribution in [0.3, 0.4) is 0 Å². The summed E-state index contributed by atoms with van der Waals surface area (Å²) in [6.07, 6.45) is -0.0466. The number of hydrogen-bond donors (Lipinski definition) is 3.